The fourth-order valence-electron chi connectivity index (χ4n) is 7.00. The van der Waals surface area contributed by atoms with Crippen LogP contribution in [0.4, 0.5) is 16.2 Å². The fourth-order valence-corrected chi connectivity index (χ4v) is 10.0. The Labute approximate surface area is 366 Å². The first-order chi connectivity index (χ1) is 30.1. The van der Waals surface area contributed by atoms with Crippen LogP contribution in [-0.2, 0) is 60.7 Å². The number of aromatic nitrogens is 8. The number of halogens is 1. The number of anilines is 2. The SMILES string of the molecule is CC(C)C(=O)Nc1nc2c(ncn2[C@@H]2O[C@H](CO)[C@H](F)[C@H]2OP(O)(=S)OCC2(C)O[C@@H](n3cnc4c(NC(=O)c5ccccc5)ncnc43)[C@@H]3O[C@]32O[PH](=S)OCCC#N)c(=O)[nH]1. The van der Waals surface area contributed by atoms with Gasteiger partial charge in [0.2, 0.25) is 17.6 Å². The quantitative estimate of drug-likeness (QED) is 0.0508. The van der Waals surface area contributed by atoms with Crippen molar-refractivity contribution in [3.8, 4) is 6.07 Å². The number of nitrogens with one attached hydrogen (secondary N) is 3. The Morgan fingerprint density at radius 1 is 1.11 bits per heavy atom. The van der Waals surface area contributed by atoms with Crippen molar-refractivity contribution in [1.29, 1.82) is 5.26 Å². The van der Waals surface area contributed by atoms with Crippen LogP contribution >= 0.6 is 13.9 Å². The number of nitrogens with zero attached hydrogens (tertiary/aromatic N) is 8. The van der Waals surface area contributed by atoms with E-state index in [0.717, 1.165) is 10.9 Å². The molecule has 0 bridgehead atoms. The molecule has 3 aliphatic heterocycles. The predicted molar refractivity (Wildman–Crippen MR) is 224 cm³/mol. The summed E-state index contributed by atoms with van der Waals surface area (Å²) in [5, 5.41) is 24.2. The van der Waals surface area contributed by atoms with Crippen LogP contribution in [0.1, 0.15) is 50.0 Å². The van der Waals surface area contributed by atoms with E-state index in [1.807, 2.05) is 6.07 Å². The van der Waals surface area contributed by atoms with Crippen molar-refractivity contribution in [2.45, 2.75) is 75.5 Å². The van der Waals surface area contributed by atoms with Gasteiger partial charge >= 0.3 is 6.72 Å². The molecule has 63 heavy (non-hydrogen) atoms. The number of alkyl halides is 1. The predicted octanol–water partition coefficient (Wildman–Crippen LogP) is 2.49. The summed E-state index contributed by atoms with van der Waals surface area (Å²) in [5.74, 6) is -3.14. The molecule has 5 aromatic rings. The summed E-state index contributed by atoms with van der Waals surface area (Å²) in [6, 6.07) is 10.4. The number of benzene rings is 1. The zero-order chi connectivity index (χ0) is 44.8. The number of H-pyrrole nitrogens is 1. The van der Waals surface area contributed by atoms with E-state index >= 15 is 4.39 Å². The van der Waals surface area contributed by atoms with Crippen LogP contribution in [0.5, 0.6) is 0 Å². The van der Waals surface area contributed by atoms with Crippen molar-refractivity contribution in [2.24, 2.45) is 5.92 Å². The summed E-state index contributed by atoms with van der Waals surface area (Å²) < 4.78 is 60.7. The highest BCUT2D eigenvalue weighted by molar-refractivity contribution is 8.07. The van der Waals surface area contributed by atoms with Crippen LogP contribution in [0, 0.1) is 17.2 Å². The first kappa shape index (κ1) is 45.0. The molecule has 3 fully saturated rings. The monoisotopic (exact) mass is 949 g/mol. The number of aromatic amines is 1. The lowest BCUT2D eigenvalue weighted by Crippen LogP contribution is -2.46. The third kappa shape index (κ3) is 8.69. The average Bonchev–Trinajstić information content (AvgIpc) is 3.52. The molecule has 0 radical (unpaired) electrons. The molecule has 1 aromatic carbocycles. The number of nitriles is 1. The van der Waals surface area contributed by atoms with Gasteiger partial charge in [-0.25, -0.2) is 24.3 Å². The van der Waals surface area contributed by atoms with Crippen molar-refractivity contribution >= 4 is 83.4 Å². The van der Waals surface area contributed by atoms with E-state index in [9.17, 15) is 24.4 Å². The number of aliphatic hydroxyl groups excluding tert-OH is 1. The van der Waals surface area contributed by atoms with Crippen molar-refractivity contribution < 1.29 is 56.3 Å². The van der Waals surface area contributed by atoms with E-state index in [4.69, 9.17) is 61.2 Å². The summed E-state index contributed by atoms with van der Waals surface area (Å²) in [5.41, 5.74) is -1.92. The van der Waals surface area contributed by atoms with E-state index in [2.05, 4.69) is 40.5 Å². The topological polar surface area (TPSA) is 298 Å². The zero-order valence-corrected chi connectivity index (χ0v) is 36.7. The minimum atomic E-state index is -4.52. The van der Waals surface area contributed by atoms with Gasteiger partial charge in [0.05, 0.1) is 45.0 Å². The molecule has 2 amide bonds. The van der Waals surface area contributed by atoms with E-state index in [1.165, 1.54) is 24.1 Å². The summed E-state index contributed by atoms with van der Waals surface area (Å²) in [7, 11) is -2.55. The van der Waals surface area contributed by atoms with Gasteiger partial charge in [0.25, 0.3) is 11.5 Å². The highest BCUT2D eigenvalue weighted by Gasteiger charge is 2.80. The van der Waals surface area contributed by atoms with Crippen molar-refractivity contribution in [3.63, 3.8) is 0 Å². The van der Waals surface area contributed by atoms with Gasteiger partial charge in [-0.2, -0.15) is 10.2 Å². The molecule has 334 valence electrons. The second kappa shape index (κ2) is 17.8. The molecule has 7 heterocycles. The van der Waals surface area contributed by atoms with Gasteiger partial charge in [-0.15, -0.1) is 0 Å². The number of carbonyl (C=O) groups excluding carboxylic acids is 2. The maximum atomic E-state index is 16.0. The smallest absolute Gasteiger partial charge is 0.325 e. The molecule has 8 rings (SSSR count). The molecule has 5 N–H and O–H groups in total. The minimum absolute atomic E-state index is 0.0216. The van der Waals surface area contributed by atoms with Gasteiger partial charge in [0.15, 0.2) is 60.0 Å². The third-order valence-electron chi connectivity index (χ3n) is 10.2. The molecule has 3 aliphatic rings. The molecule has 4 aromatic heterocycles. The Morgan fingerprint density at radius 2 is 1.84 bits per heavy atom. The van der Waals surface area contributed by atoms with Crippen LogP contribution in [0.25, 0.3) is 22.3 Å². The van der Waals surface area contributed by atoms with E-state index in [0.29, 0.717) is 5.56 Å². The second-order valence-electron chi connectivity index (χ2n) is 14.8. The first-order valence-electron chi connectivity index (χ1n) is 19.0. The number of rotatable bonds is 17. The molecule has 0 spiro atoms. The van der Waals surface area contributed by atoms with Gasteiger partial charge in [-0.05, 0) is 42.7 Å². The Balaban J connectivity index is 1.05. The van der Waals surface area contributed by atoms with E-state index in [-0.39, 0.29) is 47.1 Å². The molecule has 23 nitrogen and oxygen atoms in total. The molecular weight excluding hydrogens is 912 g/mol. The molecule has 28 heteroatoms. The summed E-state index contributed by atoms with van der Waals surface area (Å²) in [4.78, 5) is 73.6. The lowest BCUT2D eigenvalue weighted by molar-refractivity contribution is -0.196. The van der Waals surface area contributed by atoms with Crippen LogP contribution < -0.4 is 16.2 Å². The standard InChI is InChI=1S/C35H38FN11O12P2S2/c1-17(2)28(49)44-33-43-27-22(30(51)45-33)41-16-47(27)31-23(20(36)19(12-48)55-31)58-61(52,63)54-13-34(3)35(59-60(62)53-11-7-10-37)24(56-35)32(57-34)46-15-40-21-25(38-14-39-26(21)46)42-29(50)18-8-5-4-6-9-18/h4-6,8-9,14-17,19-20,23-24,31-32,48,60H,7,11-13H2,1-3H3,(H,52,63)(H,38,39,42,50)(H2,43,44,45,49,51)/t19-,20+,23-,24+,31-,32-,34?,35+,61?/m1/s1. The van der Waals surface area contributed by atoms with Gasteiger partial charge in [0, 0.05) is 11.5 Å². The molecule has 3 saturated heterocycles. The van der Waals surface area contributed by atoms with Crippen molar-refractivity contribution in [3.05, 3.63) is 65.2 Å². The van der Waals surface area contributed by atoms with Gasteiger partial charge < -0.3 is 38.6 Å². The molecule has 10 atom stereocenters. The number of ether oxygens (including phenoxy) is 3. The first-order valence-corrected chi connectivity index (χ1v) is 24.1. The Hall–Kier alpha value is -4.58. The zero-order valence-electron chi connectivity index (χ0n) is 33.2. The lowest BCUT2D eigenvalue weighted by Gasteiger charge is -2.34. The third-order valence-corrected chi connectivity index (χ3v) is 13.3. The number of carbonyl (C=O) groups is 2. The second-order valence-corrected chi connectivity index (χ2v) is 19.6. The fraction of sp³-hybridized carbons (Fsp3) is 0.457. The number of hydrogen-bond acceptors (Lipinski definition) is 19. The Bertz CT molecular complexity index is 2740. The Morgan fingerprint density at radius 3 is 2.56 bits per heavy atom. The summed E-state index contributed by atoms with van der Waals surface area (Å²) in [6.07, 6.45) is -5.08. The molecule has 0 aliphatic carbocycles. The van der Waals surface area contributed by atoms with Crippen molar-refractivity contribution in [1.82, 2.24) is 39.0 Å². The number of amides is 2. The minimum Gasteiger partial charge on any atom is -0.394 e. The molecule has 0 saturated carbocycles. The summed E-state index contributed by atoms with van der Waals surface area (Å²) in [6.45, 7) is -1.17. The van der Waals surface area contributed by atoms with Crippen molar-refractivity contribution in [2.75, 3.05) is 30.5 Å². The summed E-state index contributed by atoms with van der Waals surface area (Å²) >= 11 is 10.9. The number of aliphatic hydroxyl groups is 1. The maximum absolute atomic E-state index is 16.0. The molecular formula is C35H38FN11O12P2S2. The van der Waals surface area contributed by atoms with Gasteiger partial charge in [-0.3, -0.25) is 42.9 Å². The van der Waals surface area contributed by atoms with Crippen LogP contribution in [-0.4, -0.2) is 117 Å². The maximum Gasteiger partial charge on any atom is 0.325 e. The van der Waals surface area contributed by atoms with Gasteiger partial charge in [0.1, 0.15) is 24.1 Å². The van der Waals surface area contributed by atoms with Crippen LogP contribution in [0.3, 0.4) is 0 Å². The number of imidazole rings is 2. The van der Waals surface area contributed by atoms with Gasteiger partial charge in [-0.1, -0.05) is 32.0 Å². The normalized spacial score (nSPS) is 27.8. The largest absolute Gasteiger partial charge is 0.394 e. The molecule has 3 unspecified atom stereocenters. The average molecular weight is 950 g/mol. The van der Waals surface area contributed by atoms with Crippen LogP contribution in [0.15, 0.2) is 54.1 Å². The lowest BCUT2D eigenvalue weighted by atomic mass is 10.00. The van der Waals surface area contributed by atoms with E-state index in [1.54, 1.807) is 44.2 Å². The van der Waals surface area contributed by atoms with Crippen LogP contribution in [0.2, 0.25) is 0 Å². The number of fused-ring (bicyclic) bond motifs is 3. The number of hydrogen-bond donors (Lipinski definition) is 5. The highest BCUT2D eigenvalue weighted by Crippen LogP contribution is 2.65. The number of epoxide rings is 1. The van der Waals surface area contributed by atoms with E-state index < -0.39 is 98.7 Å². The highest BCUT2D eigenvalue weighted by atomic mass is 32.5. The Kier molecular flexibility index (Phi) is 12.7.